The molecule has 0 rings (SSSR count). The fourth-order valence-electron chi connectivity index (χ4n) is 0. The van der Waals surface area contributed by atoms with Crippen molar-refractivity contribution in [3.63, 3.8) is 0 Å². The van der Waals surface area contributed by atoms with E-state index in [0.29, 0.717) is 6.47 Å². The van der Waals surface area contributed by atoms with Gasteiger partial charge in [0.05, 0.1) is 7.11 Å². The van der Waals surface area contributed by atoms with Crippen LogP contribution in [0.1, 0.15) is 0 Å². The summed E-state index contributed by atoms with van der Waals surface area (Å²) < 4.78 is 3.86. The summed E-state index contributed by atoms with van der Waals surface area (Å²) in [6.45, 7) is 0.375. The lowest BCUT2D eigenvalue weighted by Gasteiger charge is -1.67. The first-order chi connectivity index (χ1) is 1.91. The molecule has 0 aromatic rings. The van der Waals surface area contributed by atoms with E-state index in [-0.39, 0.29) is 8.41 Å². The Kier molecular flexibility index (Phi) is 17.0. The lowest BCUT2D eigenvalue weighted by molar-refractivity contribution is -0.126. The van der Waals surface area contributed by atoms with Crippen molar-refractivity contribution in [1.82, 2.24) is 0 Å². The van der Waals surface area contributed by atoms with E-state index in [2.05, 4.69) is 4.74 Å². The Labute approximate surface area is 32.7 Å². The van der Waals surface area contributed by atoms with E-state index in [1.165, 1.54) is 7.11 Å². The van der Waals surface area contributed by atoms with Gasteiger partial charge in [0.25, 0.3) is 6.47 Å². The van der Waals surface area contributed by atoms with E-state index in [9.17, 15) is 0 Å². The molecule has 0 amide bonds. The lowest BCUT2D eigenvalue weighted by Crippen LogP contribution is -1.68. The van der Waals surface area contributed by atoms with Crippen LogP contribution in [0.4, 0.5) is 0 Å². The van der Waals surface area contributed by atoms with Crippen LogP contribution in [0.5, 0.6) is 0 Å². The summed E-state index contributed by atoms with van der Waals surface area (Å²) in [5.74, 6) is 0. The molecule has 0 aliphatic carbocycles. The second-order valence-electron chi connectivity index (χ2n) is 0.332. The molecule has 0 saturated carbocycles. The highest BCUT2D eigenvalue weighted by Crippen LogP contribution is 1.35. The van der Waals surface area contributed by atoms with Crippen molar-refractivity contribution < 1.29 is 9.53 Å². The van der Waals surface area contributed by atoms with Crippen LogP contribution in [-0.2, 0) is 9.53 Å². The van der Waals surface area contributed by atoms with Crippen molar-refractivity contribution in [2.45, 2.75) is 0 Å². The largest absolute Gasteiger partial charge is 0.471 e. The highest BCUT2D eigenvalue weighted by atomic mass is 16.5. The topological polar surface area (TPSA) is 26.3 Å². The van der Waals surface area contributed by atoms with Gasteiger partial charge in [-0.3, -0.25) is 4.79 Å². The van der Waals surface area contributed by atoms with Crippen molar-refractivity contribution in [2.75, 3.05) is 7.11 Å². The van der Waals surface area contributed by atoms with Crippen LogP contribution >= 0.6 is 0 Å². The number of rotatable bonds is 1. The Bertz CT molecular complexity index is 21.6. The molecule has 0 spiro atoms. The van der Waals surface area contributed by atoms with E-state index in [0.717, 1.165) is 0 Å². The molecule has 0 unspecified atom stereocenters. The third-order valence-corrected chi connectivity index (χ3v) is 0.0962. The zero-order chi connectivity index (χ0) is 3.41. The minimum absolute atomic E-state index is 0. The molecule has 2 nitrogen and oxygen atoms in total. The molecule has 0 aromatic carbocycles. The van der Waals surface area contributed by atoms with Gasteiger partial charge in [-0.15, -0.1) is 0 Å². The lowest BCUT2D eigenvalue weighted by atomic mass is 10.8. The maximum absolute atomic E-state index is 8.95. The van der Waals surface area contributed by atoms with E-state index in [1.807, 2.05) is 0 Å². The van der Waals surface area contributed by atoms with Gasteiger partial charge in [-0.05, 0) is 0 Å². The number of ether oxygens (including phenoxy) is 1. The molecular weight excluding hydrogens is 66.8 g/mol. The van der Waals surface area contributed by atoms with Gasteiger partial charge >= 0.3 is 0 Å². The smallest absolute Gasteiger partial charge is 0.292 e. The second kappa shape index (κ2) is 9.64. The third kappa shape index (κ3) is 29.1. The maximum Gasteiger partial charge on any atom is 0.292 e. The first-order valence-corrected chi connectivity index (χ1v) is 0.880. The predicted octanol–water partition coefficient (Wildman–Crippen LogP) is -0.592. The average Bonchev–Trinajstić information content (AvgIpc) is 1.37. The molecule has 0 atom stereocenters. The predicted molar refractivity (Wildman–Crippen MR) is 18.8 cm³/mol. The first kappa shape index (κ1) is 8.82. The molecule has 0 N–H and O–H groups in total. The van der Waals surface area contributed by atoms with Gasteiger partial charge in [0.2, 0.25) is 0 Å². The zero-order valence-electron chi connectivity index (χ0n) is 2.97. The summed E-state index contributed by atoms with van der Waals surface area (Å²) in [5.41, 5.74) is 0. The molecule has 0 bridgehead atoms. The first-order valence-electron chi connectivity index (χ1n) is 0.880. The fraction of sp³-hybridized carbons (Fsp3) is 0.500. The maximum atomic E-state index is 8.95. The van der Waals surface area contributed by atoms with Crippen molar-refractivity contribution in [1.29, 1.82) is 0 Å². The molecule has 0 saturated heterocycles. The van der Waals surface area contributed by atoms with Crippen LogP contribution < -0.4 is 0 Å². The normalized spacial score (nSPS) is 4.20. The minimum Gasteiger partial charge on any atom is -0.471 e. The Balaban J connectivity index is 0. The quantitative estimate of drug-likeness (QED) is 0.305. The molecule has 0 aliphatic heterocycles. The highest BCUT2D eigenvalue weighted by molar-refractivity contribution is 5.75. The van der Waals surface area contributed by atoms with Crippen molar-refractivity contribution in [2.24, 2.45) is 0 Å². The van der Waals surface area contributed by atoms with Gasteiger partial charge in [-0.1, -0.05) is 0 Å². The summed E-state index contributed by atoms with van der Waals surface area (Å²) in [4.78, 5) is 8.95. The van der Waals surface area contributed by atoms with Crippen molar-refractivity contribution in [3.05, 3.63) is 0 Å². The van der Waals surface area contributed by atoms with Gasteiger partial charge in [0.15, 0.2) is 0 Å². The SMILES string of the molecule is COC=O.[B]. The van der Waals surface area contributed by atoms with Crippen LogP contribution in [0.25, 0.3) is 0 Å². The van der Waals surface area contributed by atoms with Gasteiger partial charge in [0.1, 0.15) is 0 Å². The zero-order valence-corrected chi connectivity index (χ0v) is 2.97. The van der Waals surface area contributed by atoms with Gasteiger partial charge in [-0.25, -0.2) is 0 Å². The fourth-order valence-corrected chi connectivity index (χ4v) is 0. The Morgan fingerprint density at radius 2 is 2.00 bits per heavy atom. The molecule has 3 radical (unpaired) electrons. The van der Waals surface area contributed by atoms with Crippen molar-refractivity contribution in [3.8, 4) is 0 Å². The van der Waals surface area contributed by atoms with Crippen LogP contribution in [0.3, 0.4) is 0 Å². The summed E-state index contributed by atoms with van der Waals surface area (Å²) in [6.07, 6.45) is 0. The summed E-state index contributed by atoms with van der Waals surface area (Å²) >= 11 is 0. The molecule has 0 heterocycles. The second-order valence-corrected chi connectivity index (χ2v) is 0.332. The highest BCUT2D eigenvalue weighted by Gasteiger charge is 1.44. The molecule has 3 heteroatoms. The van der Waals surface area contributed by atoms with Crippen LogP contribution in [0.15, 0.2) is 0 Å². The van der Waals surface area contributed by atoms with Crippen molar-refractivity contribution >= 4 is 14.9 Å². The Hall–Kier alpha value is -0.465. The molecule has 0 aromatic heterocycles. The third-order valence-electron chi connectivity index (χ3n) is 0.0962. The number of carbonyl (C=O) groups is 1. The molecule has 27 valence electrons. The summed E-state index contributed by atoms with van der Waals surface area (Å²) in [6, 6.07) is 0. The number of methoxy groups -OCH3 is 1. The van der Waals surface area contributed by atoms with Crippen LogP contribution in [0, 0.1) is 0 Å². The standard InChI is InChI=1S/C2H4O2.B/c1-4-2-3;/h2H,1H3;. The summed E-state index contributed by atoms with van der Waals surface area (Å²) in [5, 5.41) is 0. The number of hydrogen-bond donors (Lipinski definition) is 0. The minimum atomic E-state index is 0. The van der Waals surface area contributed by atoms with E-state index in [4.69, 9.17) is 4.79 Å². The van der Waals surface area contributed by atoms with E-state index in [1.54, 1.807) is 0 Å². The summed E-state index contributed by atoms with van der Waals surface area (Å²) in [7, 11) is 1.31. The average molecular weight is 70.9 g/mol. The number of carbonyl (C=O) groups excluding carboxylic acids is 1. The Morgan fingerprint density at radius 1 is 1.80 bits per heavy atom. The number of hydrogen-bond acceptors (Lipinski definition) is 2. The molecular formula is C2H4BO2. The van der Waals surface area contributed by atoms with E-state index < -0.39 is 0 Å². The van der Waals surface area contributed by atoms with Crippen LogP contribution in [0.2, 0.25) is 0 Å². The molecule has 0 fully saturated rings. The Morgan fingerprint density at radius 3 is 2.00 bits per heavy atom. The molecule has 5 heavy (non-hydrogen) atoms. The van der Waals surface area contributed by atoms with Crippen LogP contribution in [-0.4, -0.2) is 22.0 Å². The van der Waals surface area contributed by atoms with E-state index >= 15 is 0 Å². The van der Waals surface area contributed by atoms with Gasteiger partial charge < -0.3 is 4.74 Å². The van der Waals surface area contributed by atoms with Gasteiger partial charge in [-0.2, -0.15) is 0 Å². The monoisotopic (exact) mass is 71.0 g/mol. The molecule has 0 aliphatic rings. The van der Waals surface area contributed by atoms with Gasteiger partial charge in [0, 0.05) is 8.41 Å².